The van der Waals surface area contributed by atoms with Crippen LogP contribution in [0.25, 0.3) is 0 Å². The minimum absolute atomic E-state index is 0.112. The lowest BCUT2D eigenvalue weighted by Crippen LogP contribution is -2.39. The van der Waals surface area contributed by atoms with Crippen LogP contribution in [0.3, 0.4) is 0 Å². The molecule has 0 radical (unpaired) electrons. The number of nitrogens with one attached hydrogen (secondary N) is 2. The van der Waals surface area contributed by atoms with Gasteiger partial charge in [-0.2, -0.15) is 0 Å². The van der Waals surface area contributed by atoms with Crippen molar-refractivity contribution in [1.29, 1.82) is 0 Å². The molecule has 0 saturated carbocycles. The van der Waals surface area contributed by atoms with E-state index in [0.29, 0.717) is 5.56 Å². The van der Waals surface area contributed by atoms with Gasteiger partial charge in [-0.1, -0.05) is 56.3 Å². The quantitative estimate of drug-likeness (QED) is 0.794. The lowest BCUT2D eigenvalue weighted by atomic mass is 10.0. The van der Waals surface area contributed by atoms with Crippen molar-refractivity contribution in [1.82, 2.24) is 10.9 Å². The third-order valence-electron chi connectivity index (χ3n) is 3.59. The van der Waals surface area contributed by atoms with Crippen molar-refractivity contribution >= 4 is 5.91 Å². The Morgan fingerprint density at radius 3 is 2.24 bits per heavy atom. The number of hydrazine groups is 1. The second-order valence-corrected chi connectivity index (χ2v) is 5.02. The Morgan fingerprint density at radius 2 is 1.67 bits per heavy atom. The molecule has 0 aliphatic heterocycles. The summed E-state index contributed by atoms with van der Waals surface area (Å²) in [6, 6.07) is 17.8. The lowest BCUT2D eigenvalue weighted by molar-refractivity contribution is 0.0924. The van der Waals surface area contributed by atoms with Crippen LogP contribution in [-0.4, -0.2) is 5.91 Å². The third kappa shape index (κ3) is 4.17. The zero-order valence-corrected chi connectivity index (χ0v) is 12.6. The second-order valence-electron chi connectivity index (χ2n) is 5.02. The van der Waals surface area contributed by atoms with Crippen molar-refractivity contribution in [2.75, 3.05) is 0 Å². The first-order chi connectivity index (χ1) is 10.2. The van der Waals surface area contributed by atoms with Gasteiger partial charge in [-0.15, -0.1) is 0 Å². The van der Waals surface area contributed by atoms with Gasteiger partial charge in [0.15, 0.2) is 0 Å². The van der Waals surface area contributed by atoms with Crippen molar-refractivity contribution in [3.8, 4) is 0 Å². The summed E-state index contributed by atoms with van der Waals surface area (Å²) in [6.07, 6.45) is 1.94. The Bertz CT molecular complexity index is 564. The van der Waals surface area contributed by atoms with Gasteiger partial charge in [0.05, 0.1) is 6.04 Å². The number of hydrogen-bond acceptors (Lipinski definition) is 2. The van der Waals surface area contributed by atoms with E-state index in [1.54, 1.807) is 12.1 Å². The fraction of sp³-hybridized carbons (Fsp3) is 0.278. The average Bonchev–Trinajstić information content (AvgIpc) is 2.56. The fourth-order valence-corrected chi connectivity index (χ4v) is 2.22. The van der Waals surface area contributed by atoms with Crippen LogP contribution in [0.15, 0.2) is 54.6 Å². The maximum atomic E-state index is 12.0. The highest BCUT2D eigenvalue weighted by molar-refractivity contribution is 5.93. The summed E-state index contributed by atoms with van der Waals surface area (Å²) in [5.74, 6) is -0.112. The first-order valence-electron chi connectivity index (χ1n) is 7.44. The van der Waals surface area contributed by atoms with Gasteiger partial charge in [-0.05, 0) is 36.1 Å². The number of rotatable bonds is 6. The summed E-state index contributed by atoms with van der Waals surface area (Å²) in [6.45, 7) is 4.24. The van der Waals surface area contributed by atoms with Gasteiger partial charge < -0.3 is 0 Å². The highest BCUT2D eigenvalue weighted by Gasteiger charge is 2.11. The van der Waals surface area contributed by atoms with Crippen molar-refractivity contribution in [3.63, 3.8) is 0 Å². The first-order valence-corrected chi connectivity index (χ1v) is 7.44. The van der Waals surface area contributed by atoms with Crippen LogP contribution in [0, 0.1) is 0 Å². The van der Waals surface area contributed by atoms with Crippen LogP contribution in [-0.2, 0) is 6.42 Å². The Hall–Kier alpha value is -2.13. The molecule has 3 heteroatoms. The zero-order chi connectivity index (χ0) is 15.1. The largest absolute Gasteiger partial charge is 0.287 e. The maximum absolute atomic E-state index is 12.0. The van der Waals surface area contributed by atoms with Gasteiger partial charge in [-0.25, -0.2) is 5.43 Å². The standard InChI is InChI=1S/C18H22N2O/c1-3-14-10-12-15(13-11-14)17(4-2)19-20-18(21)16-8-6-5-7-9-16/h5-13,17,19H,3-4H2,1-2H3,(H,20,21)/t17-/m0/s1. The Morgan fingerprint density at radius 1 is 1.00 bits per heavy atom. The number of amides is 1. The van der Waals surface area contributed by atoms with E-state index in [1.165, 1.54) is 11.1 Å². The van der Waals surface area contributed by atoms with Crippen LogP contribution in [0.2, 0.25) is 0 Å². The monoisotopic (exact) mass is 282 g/mol. The van der Waals surface area contributed by atoms with E-state index in [4.69, 9.17) is 0 Å². The summed E-state index contributed by atoms with van der Waals surface area (Å²) < 4.78 is 0. The second kappa shape index (κ2) is 7.60. The molecule has 0 heterocycles. The number of carbonyl (C=O) groups excluding carboxylic acids is 1. The molecule has 0 aromatic heterocycles. The zero-order valence-electron chi connectivity index (χ0n) is 12.6. The average molecular weight is 282 g/mol. The molecule has 0 saturated heterocycles. The van der Waals surface area contributed by atoms with Gasteiger partial charge in [-0.3, -0.25) is 10.2 Å². The van der Waals surface area contributed by atoms with Crippen molar-refractivity contribution in [2.24, 2.45) is 0 Å². The van der Waals surface area contributed by atoms with E-state index in [9.17, 15) is 4.79 Å². The Labute approximate surface area is 126 Å². The van der Waals surface area contributed by atoms with Gasteiger partial charge >= 0.3 is 0 Å². The van der Waals surface area contributed by atoms with Gasteiger partial charge in [0, 0.05) is 5.56 Å². The van der Waals surface area contributed by atoms with E-state index >= 15 is 0 Å². The van der Waals surface area contributed by atoms with Crippen molar-refractivity contribution < 1.29 is 4.79 Å². The minimum Gasteiger partial charge on any atom is -0.287 e. The topological polar surface area (TPSA) is 41.1 Å². The lowest BCUT2D eigenvalue weighted by Gasteiger charge is -2.18. The highest BCUT2D eigenvalue weighted by Crippen LogP contribution is 2.16. The number of aryl methyl sites for hydroxylation is 1. The summed E-state index contributed by atoms with van der Waals surface area (Å²) in [4.78, 5) is 12.0. The minimum atomic E-state index is -0.112. The smallest absolute Gasteiger partial charge is 0.265 e. The molecule has 0 unspecified atom stereocenters. The van der Waals surface area contributed by atoms with E-state index in [0.717, 1.165) is 12.8 Å². The van der Waals surface area contributed by atoms with Gasteiger partial charge in [0.1, 0.15) is 0 Å². The molecule has 0 aliphatic carbocycles. The van der Waals surface area contributed by atoms with Crippen LogP contribution in [0.4, 0.5) is 0 Å². The SMILES string of the molecule is CCc1ccc([C@H](CC)NNC(=O)c2ccccc2)cc1. The molecule has 0 spiro atoms. The molecule has 21 heavy (non-hydrogen) atoms. The molecule has 0 bridgehead atoms. The van der Waals surface area contributed by atoms with Crippen LogP contribution < -0.4 is 10.9 Å². The van der Waals surface area contributed by atoms with Crippen molar-refractivity contribution in [2.45, 2.75) is 32.7 Å². The van der Waals surface area contributed by atoms with Gasteiger partial charge in [0.25, 0.3) is 5.91 Å². The fourth-order valence-electron chi connectivity index (χ4n) is 2.22. The number of carbonyl (C=O) groups is 1. The van der Waals surface area contributed by atoms with Crippen LogP contribution in [0.1, 0.15) is 47.8 Å². The normalized spacial score (nSPS) is 11.9. The molecular weight excluding hydrogens is 260 g/mol. The van der Waals surface area contributed by atoms with Crippen molar-refractivity contribution in [3.05, 3.63) is 71.3 Å². The number of benzene rings is 2. The number of hydrogen-bond donors (Lipinski definition) is 2. The Kier molecular flexibility index (Phi) is 5.52. The molecule has 1 atom stereocenters. The molecule has 110 valence electrons. The predicted molar refractivity (Wildman–Crippen MR) is 85.9 cm³/mol. The van der Waals surface area contributed by atoms with Crippen LogP contribution in [0.5, 0.6) is 0 Å². The summed E-state index contributed by atoms with van der Waals surface area (Å²) in [5.41, 5.74) is 9.07. The molecule has 2 aromatic carbocycles. The van der Waals surface area contributed by atoms with Gasteiger partial charge in [0.2, 0.25) is 0 Å². The molecule has 0 aliphatic rings. The highest BCUT2D eigenvalue weighted by atomic mass is 16.2. The van der Waals surface area contributed by atoms with E-state index < -0.39 is 0 Å². The molecule has 2 aromatic rings. The molecule has 2 N–H and O–H groups in total. The summed E-state index contributed by atoms with van der Waals surface area (Å²) in [5, 5.41) is 0. The predicted octanol–water partition coefficient (Wildman–Crippen LogP) is 3.63. The first kappa shape index (κ1) is 15.3. The molecule has 3 nitrogen and oxygen atoms in total. The van der Waals surface area contributed by atoms with Crippen LogP contribution >= 0.6 is 0 Å². The molecular formula is C18H22N2O. The third-order valence-corrected chi connectivity index (χ3v) is 3.59. The van der Waals surface area contributed by atoms with E-state index in [2.05, 4.69) is 49.0 Å². The molecule has 0 fully saturated rings. The van der Waals surface area contributed by atoms with E-state index in [-0.39, 0.29) is 11.9 Å². The summed E-state index contributed by atoms with van der Waals surface area (Å²) >= 11 is 0. The van der Waals surface area contributed by atoms with E-state index in [1.807, 2.05) is 18.2 Å². The summed E-state index contributed by atoms with van der Waals surface area (Å²) in [7, 11) is 0. The molecule has 1 amide bonds. The Balaban J connectivity index is 1.97. The molecule has 2 rings (SSSR count). The maximum Gasteiger partial charge on any atom is 0.265 e.